The SMILES string of the molecule is C=CC(=O)Nc1cc(Nc2ncnc(Nc3cc(Cl)c(F)cc3C(C)(C)O)n2)c(OC)cc1N1CC[C@@H](NC)C1. The molecule has 4 rings (SSSR count). The molecule has 212 valence electrons. The Labute approximate surface area is 236 Å². The lowest BCUT2D eigenvalue weighted by Crippen LogP contribution is -2.30. The summed E-state index contributed by atoms with van der Waals surface area (Å²) in [7, 11) is 3.47. The van der Waals surface area contributed by atoms with Crippen molar-refractivity contribution in [2.45, 2.75) is 31.9 Å². The number of hydrogen-bond donors (Lipinski definition) is 5. The molecular formula is C27H32ClFN8O3. The van der Waals surface area contributed by atoms with E-state index in [1.165, 1.54) is 32.3 Å². The summed E-state index contributed by atoms with van der Waals surface area (Å²) in [5, 5.41) is 22.7. The van der Waals surface area contributed by atoms with Crippen molar-refractivity contribution in [3.63, 3.8) is 0 Å². The number of amides is 1. The molecule has 3 aromatic rings. The minimum atomic E-state index is -1.37. The molecule has 11 nitrogen and oxygen atoms in total. The number of anilines is 6. The topological polar surface area (TPSA) is 137 Å². The van der Waals surface area contributed by atoms with E-state index in [-0.39, 0.29) is 28.4 Å². The van der Waals surface area contributed by atoms with E-state index >= 15 is 0 Å². The molecule has 2 heterocycles. The number of aliphatic hydroxyl groups is 1. The predicted molar refractivity (Wildman–Crippen MR) is 155 cm³/mol. The number of carbonyl (C=O) groups excluding carboxylic acids is 1. The number of halogens is 2. The summed E-state index contributed by atoms with van der Waals surface area (Å²) in [6, 6.07) is 6.43. The highest BCUT2D eigenvalue weighted by molar-refractivity contribution is 6.31. The van der Waals surface area contributed by atoms with Crippen LogP contribution in [0.2, 0.25) is 5.02 Å². The molecule has 13 heteroatoms. The van der Waals surface area contributed by atoms with Gasteiger partial charge in [0.05, 0.1) is 34.8 Å². The van der Waals surface area contributed by atoms with Crippen molar-refractivity contribution in [2.24, 2.45) is 0 Å². The van der Waals surface area contributed by atoms with E-state index in [4.69, 9.17) is 16.3 Å². The average Bonchev–Trinajstić information content (AvgIpc) is 3.39. The predicted octanol–water partition coefficient (Wildman–Crippen LogP) is 4.31. The fourth-order valence-corrected chi connectivity index (χ4v) is 4.57. The number of nitrogens with one attached hydrogen (secondary N) is 4. The second-order valence-electron chi connectivity index (χ2n) is 9.74. The molecule has 5 N–H and O–H groups in total. The van der Waals surface area contributed by atoms with Gasteiger partial charge in [-0.2, -0.15) is 4.98 Å². The van der Waals surface area contributed by atoms with Gasteiger partial charge >= 0.3 is 0 Å². The third-order valence-corrected chi connectivity index (χ3v) is 6.77. The van der Waals surface area contributed by atoms with Crippen LogP contribution in [0.4, 0.5) is 39.0 Å². The monoisotopic (exact) mass is 570 g/mol. The first-order valence-corrected chi connectivity index (χ1v) is 12.9. The summed E-state index contributed by atoms with van der Waals surface area (Å²) in [6.07, 6.45) is 3.45. The lowest BCUT2D eigenvalue weighted by Gasteiger charge is -2.24. The van der Waals surface area contributed by atoms with Gasteiger partial charge in [-0.1, -0.05) is 18.2 Å². The molecule has 0 unspecified atom stereocenters. The molecule has 2 aromatic carbocycles. The number of methoxy groups -OCH3 is 1. The van der Waals surface area contributed by atoms with E-state index in [2.05, 4.69) is 47.7 Å². The summed E-state index contributed by atoms with van der Waals surface area (Å²) in [6.45, 7) is 8.19. The summed E-state index contributed by atoms with van der Waals surface area (Å²) in [4.78, 5) is 27.2. The van der Waals surface area contributed by atoms with E-state index < -0.39 is 11.4 Å². The van der Waals surface area contributed by atoms with Crippen LogP contribution < -0.4 is 30.9 Å². The highest BCUT2D eigenvalue weighted by atomic mass is 35.5. The molecular weight excluding hydrogens is 539 g/mol. The van der Waals surface area contributed by atoms with Gasteiger partial charge in [0.25, 0.3) is 0 Å². The van der Waals surface area contributed by atoms with Crippen molar-refractivity contribution in [2.75, 3.05) is 48.1 Å². The van der Waals surface area contributed by atoms with Crippen LogP contribution in [-0.2, 0) is 10.4 Å². The number of likely N-dealkylation sites (N-methyl/N-ethyl adjacent to an activating group) is 1. The zero-order chi connectivity index (χ0) is 29.0. The lowest BCUT2D eigenvalue weighted by atomic mass is 9.96. The van der Waals surface area contributed by atoms with Crippen LogP contribution in [0, 0.1) is 5.82 Å². The molecule has 0 saturated carbocycles. The van der Waals surface area contributed by atoms with E-state index in [9.17, 15) is 14.3 Å². The van der Waals surface area contributed by atoms with Gasteiger partial charge in [0.15, 0.2) is 0 Å². The maximum absolute atomic E-state index is 14.1. The first-order valence-electron chi connectivity index (χ1n) is 12.5. The zero-order valence-electron chi connectivity index (χ0n) is 22.7. The van der Waals surface area contributed by atoms with Crippen molar-refractivity contribution in [1.29, 1.82) is 0 Å². The van der Waals surface area contributed by atoms with E-state index in [1.807, 2.05) is 13.1 Å². The number of hydrogen-bond acceptors (Lipinski definition) is 10. The Bertz CT molecular complexity index is 1420. The van der Waals surface area contributed by atoms with E-state index in [1.54, 1.807) is 13.2 Å². The molecule has 1 fully saturated rings. The quantitative estimate of drug-likeness (QED) is 0.224. The van der Waals surface area contributed by atoms with Crippen molar-refractivity contribution in [3.8, 4) is 5.75 Å². The molecule has 1 amide bonds. The highest BCUT2D eigenvalue weighted by Crippen LogP contribution is 2.39. The molecule has 0 spiro atoms. The Morgan fingerprint density at radius 1 is 1.20 bits per heavy atom. The molecule has 1 aliphatic rings. The lowest BCUT2D eigenvalue weighted by molar-refractivity contribution is -0.111. The van der Waals surface area contributed by atoms with Crippen LogP contribution in [0.15, 0.2) is 43.2 Å². The Kier molecular flexibility index (Phi) is 8.72. The minimum absolute atomic E-state index is 0.122. The van der Waals surface area contributed by atoms with Crippen molar-refractivity contribution in [1.82, 2.24) is 20.3 Å². The molecule has 0 bridgehead atoms. The molecule has 1 aromatic heterocycles. The third-order valence-electron chi connectivity index (χ3n) is 6.48. The molecule has 1 atom stereocenters. The maximum Gasteiger partial charge on any atom is 0.247 e. The number of benzene rings is 2. The van der Waals surface area contributed by atoms with Crippen LogP contribution in [0.5, 0.6) is 5.75 Å². The van der Waals surface area contributed by atoms with Gasteiger partial charge < -0.3 is 36.0 Å². The summed E-state index contributed by atoms with van der Waals surface area (Å²) < 4.78 is 19.8. The number of ether oxygens (including phenoxy) is 1. The van der Waals surface area contributed by atoms with Gasteiger partial charge in [0, 0.05) is 36.4 Å². The van der Waals surface area contributed by atoms with Crippen LogP contribution in [-0.4, -0.2) is 59.3 Å². The molecule has 0 radical (unpaired) electrons. The van der Waals surface area contributed by atoms with Crippen LogP contribution in [0.1, 0.15) is 25.8 Å². The fraction of sp³-hybridized carbons (Fsp3) is 0.333. The maximum atomic E-state index is 14.1. The zero-order valence-corrected chi connectivity index (χ0v) is 23.4. The normalized spacial score (nSPS) is 15.1. The third kappa shape index (κ3) is 6.58. The van der Waals surface area contributed by atoms with Crippen molar-refractivity contribution >= 4 is 52.2 Å². The number of rotatable bonds is 10. The second kappa shape index (κ2) is 12.0. The largest absolute Gasteiger partial charge is 0.494 e. The van der Waals surface area contributed by atoms with Gasteiger partial charge in [-0.15, -0.1) is 0 Å². The average molecular weight is 571 g/mol. The highest BCUT2D eigenvalue weighted by Gasteiger charge is 2.26. The summed E-state index contributed by atoms with van der Waals surface area (Å²) in [5.74, 6) is -0.221. The molecule has 40 heavy (non-hydrogen) atoms. The fourth-order valence-electron chi connectivity index (χ4n) is 4.41. The first kappa shape index (κ1) is 29.0. The molecule has 1 saturated heterocycles. The van der Waals surface area contributed by atoms with Crippen molar-refractivity contribution < 1.29 is 19.0 Å². The Balaban J connectivity index is 1.66. The van der Waals surface area contributed by atoms with Gasteiger partial charge in [-0.3, -0.25) is 4.79 Å². The molecule has 0 aliphatic carbocycles. The Morgan fingerprint density at radius 3 is 2.50 bits per heavy atom. The van der Waals surface area contributed by atoms with Crippen molar-refractivity contribution in [3.05, 3.63) is 59.7 Å². The second-order valence-corrected chi connectivity index (χ2v) is 10.1. The van der Waals surface area contributed by atoms with Gasteiger partial charge in [-0.05, 0) is 51.6 Å². The summed E-state index contributed by atoms with van der Waals surface area (Å²) >= 11 is 5.99. The number of aromatic nitrogens is 3. The Hall–Kier alpha value is -4.00. The van der Waals surface area contributed by atoms with Crippen LogP contribution in [0.3, 0.4) is 0 Å². The van der Waals surface area contributed by atoms with E-state index in [0.717, 1.165) is 31.3 Å². The van der Waals surface area contributed by atoms with Gasteiger partial charge in [0.1, 0.15) is 17.9 Å². The smallest absolute Gasteiger partial charge is 0.247 e. The first-order chi connectivity index (χ1) is 19.0. The minimum Gasteiger partial charge on any atom is -0.494 e. The van der Waals surface area contributed by atoms with E-state index in [0.29, 0.717) is 28.9 Å². The van der Waals surface area contributed by atoms with Gasteiger partial charge in [0.2, 0.25) is 17.8 Å². The van der Waals surface area contributed by atoms with Crippen LogP contribution >= 0.6 is 11.6 Å². The Morgan fingerprint density at radius 2 is 1.90 bits per heavy atom. The molecule has 1 aliphatic heterocycles. The van der Waals surface area contributed by atoms with Gasteiger partial charge in [-0.25, -0.2) is 14.4 Å². The van der Waals surface area contributed by atoms with Crippen LogP contribution in [0.25, 0.3) is 0 Å². The summed E-state index contributed by atoms with van der Waals surface area (Å²) in [5.41, 5.74) is 1.10. The number of carbonyl (C=O) groups is 1. The number of nitrogens with zero attached hydrogens (tertiary/aromatic N) is 4. The standard InChI is InChI=1S/C27H32ClFN8O3/c1-6-24(38)33-20-11-21(23(40-5)12-22(20)37-8-7-15(13-37)30-4)35-26-32-14-31-25(36-26)34-19-10-17(28)18(29)9-16(19)27(2,3)39/h6,9-12,14-15,30,39H,1,7-8,13H2,2-5H3,(H,33,38)(H2,31,32,34,35,36)/t15-/m1/s1.